The molecule has 2 rings (SSSR count). The van der Waals surface area contributed by atoms with Crippen LogP contribution in [0.2, 0.25) is 0 Å². The number of carbonyl (C=O) groups is 1. The lowest BCUT2D eigenvalue weighted by Gasteiger charge is -2.35. The minimum atomic E-state index is -3.44. The van der Waals surface area contributed by atoms with Gasteiger partial charge in [-0.3, -0.25) is 4.79 Å². The number of amides is 1. The molecule has 0 aromatic heterocycles. The van der Waals surface area contributed by atoms with Crippen molar-refractivity contribution in [3.05, 3.63) is 29.3 Å². The highest BCUT2D eigenvalue weighted by molar-refractivity contribution is 7.89. The SMILES string of the molecule is CC(=O)N(C)C1CCN(S(=O)(=O)c2ccc(C)c(C)c2)CC1. The van der Waals surface area contributed by atoms with Gasteiger partial charge in [0.2, 0.25) is 15.9 Å². The minimum absolute atomic E-state index is 0.0236. The summed E-state index contributed by atoms with van der Waals surface area (Å²) in [6, 6.07) is 5.38. The maximum Gasteiger partial charge on any atom is 0.243 e. The topological polar surface area (TPSA) is 57.7 Å². The Balaban J connectivity index is 2.12. The molecule has 1 aliphatic heterocycles. The van der Waals surface area contributed by atoms with Crippen LogP contribution in [0, 0.1) is 13.8 Å². The highest BCUT2D eigenvalue weighted by Crippen LogP contribution is 2.24. The van der Waals surface area contributed by atoms with Crippen LogP contribution in [0.25, 0.3) is 0 Å². The zero-order valence-corrected chi connectivity index (χ0v) is 14.5. The van der Waals surface area contributed by atoms with Crippen LogP contribution in [-0.4, -0.2) is 49.7 Å². The van der Waals surface area contributed by atoms with Gasteiger partial charge in [-0.25, -0.2) is 8.42 Å². The molecule has 0 saturated carbocycles. The fourth-order valence-corrected chi connectivity index (χ4v) is 4.31. The average molecular weight is 324 g/mol. The highest BCUT2D eigenvalue weighted by Gasteiger charge is 2.31. The molecule has 1 amide bonds. The van der Waals surface area contributed by atoms with Crippen LogP contribution in [-0.2, 0) is 14.8 Å². The van der Waals surface area contributed by atoms with Crippen molar-refractivity contribution in [2.75, 3.05) is 20.1 Å². The summed E-state index contributed by atoms with van der Waals surface area (Å²) in [7, 11) is -1.66. The van der Waals surface area contributed by atoms with E-state index in [1.807, 2.05) is 19.9 Å². The normalized spacial score (nSPS) is 17.5. The van der Waals surface area contributed by atoms with Crippen LogP contribution in [0.5, 0.6) is 0 Å². The third-order valence-electron chi connectivity index (χ3n) is 4.58. The maximum atomic E-state index is 12.7. The van der Waals surface area contributed by atoms with E-state index in [1.54, 1.807) is 24.1 Å². The van der Waals surface area contributed by atoms with E-state index >= 15 is 0 Å². The van der Waals surface area contributed by atoms with E-state index in [0.717, 1.165) is 11.1 Å². The Bertz CT molecular complexity index is 662. The molecule has 22 heavy (non-hydrogen) atoms. The van der Waals surface area contributed by atoms with Crippen molar-refractivity contribution in [2.45, 2.75) is 44.6 Å². The van der Waals surface area contributed by atoms with Crippen molar-refractivity contribution >= 4 is 15.9 Å². The number of sulfonamides is 1. The number of hydrogen-bond acceptors (Lipinski definition) is 3. The smallest absolute Gasteiger partial charge is 0.243 e. The predicted octanol–water partition coefficient (Wildman–Crippen LogP) is 1.93. The third-order valence-corrected chi connectivity index (χ3v) is 6.48. The van der Waals surface area contributed by atoms with E-state index in [2.05, 4.69) is 0 Å². The number of piperidine rings is 1. The van der Waals surface area contributed by atoms with Gasteiger partial charge in [0.25, 0.3) is 0 Å². The average Bonchev–Trinajstić information content (AvgIpc) is 2.49. The van der Waals surface area contributed by atoms with Gasteiger partial charge in [-0.1, -0.05) is 6.07 Å². The molecular formula is C16H24N2O3S. The Morgan fingerprint density at radius 1 is 1.18 bits per heavy atom. The molecular weight excluding hydrogens is 300 g/mol. The van der Waals surface area contributed by atoms with Crippen molar-refractivity contribution in [2.24, 2.45) is 0 Å². The molecule has 1 heterocycles. The third kappa shape index (κ3) is 3.33. The first kappa shape index (κ1) is 17.0. The zero-order valence-electron chi connectivity index (χ0n) is 13.7. The first-order valence-corrected chi connectivity index (χ1v) is 8.98. The van der Waals surface area contributed by atoms with E-state index < -0.39 is 10.0 Å². The van der Waals surface area contributed by atoms with Crippen LogP contribution in [0.4, 0.5) is 0 Å². The molecule has 0 radical (unpaired) electrons. The Hall–Kier alpha value is -1.40. The molecule has 0 spiro atoms. The van der Waals surface area contributed by atoms with Gasteiger partial charge < -0.3 is 4.90 Å². The molecule has 1 aliphatic rings. The number of benzene rings is 1. The molecule has 6 heteroatoms. The van der Waals surface area contributed by atoms with Gasteiger partial charge in [-0.05, 0) is 49.9 Å². The molecule has 122 valence electrons. The van der Waals surface area contributed by atoms with Gasteiger partial charge in [0.15, 0.2) is 0 Å². The maximum absolute atomic E-state index is 12.7. The molecule has 1 aromatic carbocycles. The molecule has 1 fully saturated rings. The van der Waals surface area contributed by atoms with Crippen LogP contribution < -0.4 is 0 Å². The molecule has 1 aromatic rings. The summed E-state index contributed by atoms with van der Waals surface area (Å²) in [6.45, 7) is 6.34. The van der Waals surface area contributed by atoms with Gasteiger partial charge in [0, 0.05) is 33.1 Å². The fraction of sp³-hybridized carbons (Fsp3) is 0.562. The summed E-state index contributed by atoms with van der Waals surface area (Å²) < 4.78 is 26.9. The molecule has 0 bridgehead atoms. The number of carbonyl (C=O) groups excluding carboxylic acids is 1. The summed E-state index contributed by atoms with van der Waals surface area (Å²) in [4.78, 5) is 13.5. The van der Waals surface area contributed by atoms with E-state index in [0.29, 0.717) is 30.8 Å². The number of aryl methyl sites for hydroxylation is 2. The van der Waals surface area contributed by atoms with Crippen LogP contribution in [0.1, 0.15) is 30.9 Å². The summed E-state index contributed by atoms with van der Waals surface area (Å²) in [5, 5.41) is 0. The summed E-state index contributed by atoms with van der Waals surface area (Å²) >= 11 is 0. The fourth-order valence-electron chi connectivity index (χ4n) is 2.75. The van der Waals surface area contributed by atoms with Crippen molar-refractivity contribution in [3.8, 4) is 0 Å². The van der Waals surface area contributed by atoms with Gasteiger partial charge in [0.05, 0.1) is 4.90 Å². The van der Waals surface area contributed by atoms with E-state index in [9.17, 15) is 13.2 Å². The quantitative estimate of drug-likeness (QED) is 0.854. The van der Waals surface area contributed by atoms with Gasteiger partial charge in [-0.15, -0.1) is 0 Å². The predicted molar refractivity (Wildman–Crippen MR) is 86.1 cm³/mol. The second kappa shape index (κ2) is 6.38. The molecule has 0 aliphatic carbocycles. The number of rotatable bonds is 3. The van der Waals surface area contributed by atoms with Crippen LogP contribution >= 0.6 is 0 Å². The second-order valence-electron chi connectivity index (χ2n) is 6.01. The van der Waals surface area contributed by atoms with Gasteiger partial charge >= 0.3 is 0 Å². The Labute approximate surface area is 133 Å². The molecule has 0 atom stereocenters. The Morgan fingerprint density at radius 2 is 1.77 bits per heavy atom. The largest absolute Gasteiger partial charge is 0.343 e. The van der Waals surface area contributed by atoms with Crippen LogP contribution in [0.15, 0.2) is 23.1 Å². The van der Waals surface area contributed by atoms with Gasteiger partial charge in [-0.2, -0.15) is 4.31 Å². The Kier molecular flexibility index (Phi) is 4.92. The number of hydrogen-bond donors (Lipinski definition) is 0. The summed E-state index contributed by atoms with van der Waals surface area (Å²) in [6.07, 6.45) is 1.36. The monoisotopic (exact) mass is 324 g/mol. The molecule has 1 saturated heterocycles. The first-order chi connectivity index (χ1) is 10.2. The van der Waals surface area contributed by atoms with Crippen molar-refractivity contribution in [1.29, 1.82) is 0 Å². The summed E-state index contributed by atoms with van der Waals surface area (Å²) in [5.41, 5.74) is 2.06. The zero-order chi connectivity index (χ0) is 16.5. The molecule has 0 N–H and O–H groups in total. The van der Waals surface area contributed by atoms with Crippen molar-refractivity contribution < 1.29 is 13.2 Å². The Morgan fingerprint density at radius 3 is 2.27 bits per heavy atom. The molecule has 0 unspecified atom stereocenters. The summed E-state index contributed by atoms with van der Waals surface area (Å²) in [5.74, 6) is 0.0236. The van der Waals surface area contributed by atoms with Gasteiger partial charge in [0.1, 0.15) is 0 Å². The van der Waals surface area contributed by atoms with Crippen LogP contribution in [0.3, 0.4) is 0 Å². The highest BCUT2D eigenvalue weighted by atomic mass is 32.2. The molecule has 5 nitrogen and oxygen atoms in total. The lowest BCUT2D eigenvalue weighted by molar-refractivity contribution is -0.130. The lowest BCUT2D eigenvalue weighted by Crippen LogP contribution is -2.46. The van der Waals surface area contributed by atoms with Crippen molar-refractivity contribution in [1.82, 2.24) is 9.21 Å². The first-order valence-electron chi connectivity index (χ1n) is 7.54. The van der Waals surface area contributed by atoms with E-state index in [-0.39, 0.29) is 11.9 Å². The lowest BCUT2D eigenvalue weighted by atomic mass is 10.1. The number of nitrogens with zero attached hydrogens (tertiary/aromatic N) is 2. The second-order valence-corrected chi connectivity index (χ2v) is 7.95. The standard InChI is InChI=1S/C16H24N2O3S/c1-12-5-6-16(11-13(12)2)22(20,21)18-9-7-15(8-10-18)17(4)14(3)19/h5-6,11,15H,7-10H2,1-4H3. The van der Waals surface area contributed by atoms with E-state index in [4.69, 9.17) is 0 Å². The van der Waals surface area contributed by atoms with Crippen molar-refractivity contribution in [3.63, 3.8) is 0 Å². The minimum Gasteiger partial charge on any atom is -0.343 e. The van der Waals surface area contributed by atoms with E-state index in [1.165, 1.54) is 11.2 Å².